The predicted molar refractivity (Wildman–Crippen MR) is 88.4 cm³/mol. The van der Waals surface area contributed by atoms with E-state index in [1.54, 1.807) is 16.7 Å². The van der Waals surface area contributed by atoms with Crippen LogP contribution in [0.3, 0.4) is 0 Å². The first-order valence-corrected chi connectivity index (χ1v) is 7.87. The molecule has 2 aromatic rings. The van der Waals surface area contributed by atoms with Crippen LogP contribution in [0.5, 0.6) is 0 Å². The van der Waals surface area contributed by atoms with Crippen LogP contribution in [0.2, 0.25) is 0 Å². The first-order valence-electron chi connectivity index (χ1n) is 7.87. The van der Waals surface area contributed by atoms with E-state index in [1.165, 1.54) is 10.8 Å². The SMILES string of the molecule is CCn1cc(C(=O)O)c(=O)c2cc(F)c(N3CCN(C=O)CC3)nc21. The molecule has 9 heteroatoms. The summed E-state index contributed by atoms with van der Waals surface area (Å²) < 4.78 is 16.1. The number of aromatic nitrogens is 2. The number of piperazine rings is 1. The molecule has 132 valence electrons. The van der Waals surface area contributed by atoms with Crippen molar-refractivity contribution in [1.29, 1.82) is 0 Å². The summed E-state index contributed by atoms with van der Waals surface area (Å²) in [6.45, 7) is 3.94. The summed E-state index contributed by atoms with van der Waals surface area (Å²) in [4.78, 5) is 41.9. The van der Waals surface area contributed by atoms with Gasteiger partial charge in [-0.05, 0) is 13.0 Å². The average Bonchev–Trinajstić information content (AvgIpc) is 2.62. The highest BCUT2D eigenvalue weighted by molar-refractivity contribution is 5.92. The molecule has 0 aliphatic carbocycles. The van der Waals surface area contributed by atoms with E-state index in [-0.39, 0.29) is 16.9 Å². The van der Waals surface area contributed by atoms with Crippen LogP contribution in [0.25, 0.3) is 11.0 Å². The number of hydrogen-bond donors (Lipinski definition) is 1. The maximum atomic E-state index is 14.5. The number of carbonyl (C=O) groups excluding carboxylic acids is 1. The number of pyridine rings is 2. The number of hydrogen-bond acceptors (Lipinski definition) is 5. The van der Waals surface area contributed by atoms with Crippen LogP contribution < -0.4 is 10.3 Å². The number of rotatable bonds is 4. The van der Waals surface area contributed by atoms with Crippen molar-refractivity contribution in [2.45, 2.75) is 13.5 Å². The average molecular weight is 348 g/mol. The van der Waals surface area contributed by atoms with Crippen molar-refractivity contribution in [1.82, 2.24) is 14.5 Å². The molecule has 25 heavy (non-hydrogen) atoms. The third-order valence-electron chi connectivity index (χ3n) is 4.32. The summed E-state index contributed by atoms with van der Waals surface area (Å²) in [5, 5.41) is 9.09. The van der Waals surface area contributed by atoms with Gasteiger partial charge in [0.25, 0.3) is 0 Å². The number of halogens is 1. The molecule has 1 aliphatic rings. The van der Waals surface area contributed by atoms with Gasteiger partial charge in [0.05, 0.1) is 5.39 Å². The largest absolute Gasteiger partial charge is 0.477 e. The van der Waals surface area contributed by atoms with Gasteiger partial charge in [0.1, 0.15) is 11.2 Å². The van der Waals surface area contributed by atoms with E-state index in [0.29, 0.717) is 32.7 Å². The highest BCUT2D eigenvalue weighted by Crippen LogP contribution is 2.22. The van der Waals surface area contributed by atoms with Crippen molar-refractivity contribution in [3.8, 4) is 0 Å². The smallest absolute Gasteiger partial charge is 0.341 e. The topological polar surface area (TPSA) is 95.7 Å². The van der Waals surface area contributed by atoms with E-state index >= 15 is 0 Å². The zero-order valence-electron chi connectivity index (χ0n) is 13.6. The number of carboxylic acids is 1. The first-order chi connectivity index (χ1) is 12.0. The number of carboxylic acid groups (broad SMARTS) is 1. The molecule has 3 rings (SSSR count). The molecule has 1 aliphatic heterocycles. The summed E-state index contributed by atoms with van der Waals surface area (Å²) in [7, 11) is 0. The highest BCUT2D eigenvalue weighted by Gasteiger charge is 2.23. The molecule has 1 amide bonds. The van der Waals surface area contributed by atoms with Gasteiger partial charge in [-0.25, -0.2) is 14.2 Å². The molecular formula is C16H17FN4O4. The lowest BCUT2D eigenvalue weighted by atomic mass is 10.2. The Labute approximate surface area is 142 Å². The van der Waals surface area contributed by atoms with Crippen LogP contribution in [0.1, 0.15) is 17.3 Å². The number of anilines is 1. The quantitative estimate of drug-likeness (QED) is 0.810. The minimum Gasteiger partial charge on any atom is -0.477 e. The van der Waals surface area contributed by atoms with Gasteiger partial charge in [-0.3, -0.25) is 9.59 Å². The third kappa shape index (κ3) is 2.92. The van der Waals surface area contributed by atoms with E-state index in [1.807, 2.05) is 0 Å². The monoisotopic (exact) mass is 348 g/mol. The summed E-state index contributed by atoms with van der Waals surface area (Å²) in [6, 6.07) is 1.05. The molecule has 0 saturated carbocycles. The van der Waals surface area contributed by atoms with Crippen LogP contribution >= 0.6 is 0 Å². The number of carbonyl (C=O) groups is 2. The van der Waals surface area contributed by atoms with Crippen LogP contribution in [0, 0.1) is 5.82 Å². The van der Waals surface area contributed by atoms with Crippen LogP contribution in [-0.4, -0.2) is 58.1 Å². The summed E-state index contributed by atoms with van der Waals surface area (Å²) in [5.41, 5.74) is -0.925. The lowest BCUT2D eigenvalue weighted by molar-refractivity contribution is -0.118. The van der Waals surface area contributed by atoms with Crippen LogP contribution in [0.4, 0.5) is 10.2 Å². The van der Waals surface area contributed by atoms with Crippen molar-refractivity contribution < 1.29 is 19.1 Å². The molecular weight excluding hydrogens is 331 g/mol. The fourth-order valence-corrected chi connectivity index (χ4v) is 2.93. The van der Waals surface area contributed by atoms with E-state index in [2.05, 4.69) is 4.98 Å². The second-order valence-electron chi connectivity index (χ2n) is 5.76. The van der Waals surface area contributed by atoms with E-state index in [0.717, 1.165) is 12.5 Å². The van der Waals surface area contributed by atoms with Gasteiger partial charge < -0.3 is 19.5 Å². The van der Waals surface area contributed by atoms with Crippen molar-refractivity contribution >= 4 is 29.2 Å². The second kappa shape index (κ2) is 6.50. The zero-order chi connectivity index (χ0) is 18.1. The second-order valence-corrected chi connectivity index (χ2v) is 5.76. The van der Waals surface area contributed by atoms with Crippen molar-refractivity contribution in [2.24, 2.45) is 0 Å². The first kappa shape index (κ1) is 16.9. The summed E-state index contributed by atoms with van der Waals surface area (Å²) in [6.07, 6.45) is 1.98. The Morgan fingerprint density at radius 1 is 1.36 bits per heavy atom. The standard InChI is InChI=1S/C16H17FN4O4/c1-2-20-8-11(16(24)25)13(23)10-7-12(17)15(18-14(10)20)21-5-3-19(9-22)4-6-21/h7-9H,2-6H2,1H3,(H,24,25). The maximum absolute atomic E-state index is 14.5. The molecule has 0 aromatic carbocycles. The molecule has 0 atom stereocenters. The van der Waals surface area contributed by atoms with Gasteiger partial charge in [0, 0.05) is 38.9 Å². The van der Waals surface area contributed by atoms with Gasteiger partial charge in [0.15, 0.2) is 11.6 Å². The highest BCUT2D eigenvalue weighted by atomic mass is 19.1. The fourth-order valence-electron chi connectivity index (χ4n) is 2.93. The molecule has 2 aromatic heterocycles. The van der Waals surface area contributed by atoms with Crippen molar-refractivity contribution in [3.05, 3.63) is 33.9 Å². The Balaban J connectivity index is 2.13. The van der Waals surface area contributed by atoms with Crippen molar-refractivity contribution in [2.75, 3.05) is 31.1 Å². The number of nitrogens with zero attached hydrogens (tertiary/aromatic N) is 4. The molecule has 0 radical (unpaired) electrons. The predicted octanol–water partition coefficient (Wildman–Crippen LogP) is 0.532. The molecule has 1 saturated heterocycles. The minimum absolute atomic E-state index is 0.0606. The van der Waals surface area contributed by atoms with E-state index < -0.39 is 22.8 Å². The Kier molecular flexibility index (Phi) is 4.39. The zero-order valence-corrected chi connectivity index (χ0v) is 13.6. The molecule has 8 nitrogen and oxygen atoms in total. The molecule has 0 bridgehead atoms. The van der Waals surface area contributed by atoms with Crippen LogP contribution in [-0.2, 0) is 11.3 Å². The lowest BCUT2D eigenvalue weighted by Gasteiger charge is -2.33. The molecule has 0 unspecified atom stereocenters. The van der Waals surface area contributed by atoms with Gasteiger partial charge in [-0.2, -0.15) is 0 Å². The Bertz CT molecular complexity index is 903. The van der Waals surface area contributed by atoms with Gasteiger partial charge in [0.2, 0.25) is 11.8 Å². The Hall–Kier alpha value is -2.97. The maximum Gasteiger partial charge on any atom is 0.341 e. The number of aromatic carboxylic acids is 1. The normalized spacial score (nSPS) is 14.8. The molecule has 0 spiro atoms. The van der Waals surface area contributed by atoms with Crippen molar-refractivity contribution in [3.63, 3.8) is 0 Å². The molecule has 1 N–H and O–H groups in total. The van der Waals surface area contributed by atoms with Crippen LogP contribution in [0.15, 0.2) is 17.1 Å². The molecule has 3 heterocycles. The van der Waals surface area contributed by atoms with Gasteiger partial charge in [-0.1, -0.05) is 0 Å². The number of fused-ring (bicyclic) bond motifs is 1. The number of aryl methyl sites for hydroxylation is 1. The van der Waals surface area contributed by atoms with E-state index in [4.69, 9.17) is 5.11 Å². The Morgan fingerprint density at radius 3 is 2.60 bits per heavy atom. The Morgan fingerprint density at radius 2 is 2.04 bits per heavy atom. The van der Waals surface area contributed by atoms with Gasteiger partial charge in [-0.15, -0.1) is 0 Å². The molecule has 1 fully saturated rings. The fraction of sp³-hybridized carbons (Fsp3) is 0.375. The van der Waals surface area contributed by atoms with E-state index in [9.17, 15) is 18.8 Å². The minimum atomic E-state index is -1.36. The number of amides is 1. The third-order valence-corrected chi connectivity index (χ3v) is 4.32. The summed E-state index contributed by atoms with van der Waals surface area (Å²) in [5.74, 6) is -1.94. The summed E-state index contributed by atoms with van der Waals surface area (Å²) >= 11 is 0. The van der Waals surface area contributed by atoms with Gasteiger partial charge >= 0.3 is 5.97 Å². The lowest BCUT2D eigenvalue weighted by Crippen LogP contribution is -2.46.